The van der Waals surface area contributed by atoms with Crippen LogP contribution in [0.2, 0.25) is 0 Å². The molecular weight excluding hydrogens is 414 g/mol. The fourth-order valence-corrected chi connectivity index (χ4v) is 2.59. The van der Waals surface area contributed by atoms with E-state index in [4.69, 9.17) is 14.2 Å². The molecule has 0 aromatic heterocycles. The average Bonchev–Trinajstić information content (AvgIpc) is 3.42. The van der Waals surface area contributed by atoms with Gasteiger partial charge in [-0.05, 0) is 116 Å². The molecule has 2 fully saturated rings. The van der Waals surface area contributed by atoms with E-state index in [2.05, 4.69) is 30.9 Å². The first kappa shape index (κ1) is 40.0. The standard InChI is InChI=1S/C7H15N.C6H15NO.C5H11N.2C4H10O.CH4/c1-8(2)7-5-3-4-6-7;1-6(2)8-5-7(3)4;1-6-4-2-3-5-6;2*1-4(2)5-3;/h7H,3-6H2,1-2H3;6H,5H2,1-4H3;2-5H2,1H3;2*4H,1-3H3;1H4. The van der Waals surface area contributed by atoms with E-state index in [-0.39, 0.29) is 7.43 Å². The molecule has 6 heteroatoms. The number of nitrogens with zero attached hydrogens (tertiary/aromatic N) is 3. The van der Waals surface area contributed by atoms with Crippen molar-refractivity contribution in [3.8, 4) is 0 Å². The van der Waals surface area contributed by atoms with Crippen LogP contribution in [-0.2, 0) is 14.2 Å². The van der Waals surface area contributed by atoms with Gasteiger partial charge in [0.2, 0.25) is 0 Å². The third-order valence-corrected chi connectivity index (χ3v) is 4.99. The highest BCUT2D eigenvalue weighted by atomic mass is 16.5. The monoisotopic (exact) mass is 480 g/mol. The summed E-state index contributed by atoms with van der Waals surface area (Å²) >= 11 is 0. The number of hydrogen-bond acceptors (Lipinski definition) is 6. The van der Waals surface area contributed by atoms with Crippen molar-refractivity contribution >= 4 is 0 Å². The molecule has 1 saturated carbocycles. The molecule has 0 atom stereocenters. The molecule has 0 aromatic carbocycles. The molecular formula is C27H65N3O3. The van der Waals surface area contributed by atoms with Crippen molar-refractivity contribution in [3.63, 3.8) is 0 Å². The van der Waals surface area contributed by atoms with Gasteiger partial charge in [-0.3, -0.25) is 4.90 Å². The van der Waals surface area contributed by atoms with E-state index in [1.165, 1.54) is 51.6 Å². The Morgan fingerprint density at radius 1 is 0.727 bits per heavy atom. The first-order valence-electron chi connectivity index (χ1n) is 12.5. The van der Waals surface area contributed by atoms with E-state index in [0.29, 0.717) is 18.3 Å². The molecule has 206 valence electrons. The summed E-state index contributed by atoms with van der Waals surface area (Å²) in [6.45, 7) is 15.4. The van der Waals surface area contributed by atoms with Crippen LogP contribution in [-0.4, -0.2) is 108 Å². The van der Waals surface area contributed by atoms with Crippen molar-refractivity contribution in [2.75, 3.05) is 69.3 Å². The molecule has 0 spiro atoms. The van der Waals surface area contributed by atoms with E-state index in [1.807, 2.05) is 60.5 Å². The number of rotatable bonds is 6. The lowest BCUT2D eigenvalue weighted by atomic mass is 10.2. The van der Waals surface area contributed by atoms with Crippen LogP contribution in [0.15, 0.2) is 0 Å². The van der Waals surface area contributed by atoms with Crippen LogP contribution in [0.3, 0.4) is 0 Å². The minimum atomic E-state index is 0. The third kappa shape index (κ3) is 39.3. The third-order valence-electron chi connectivity index (χ3n) is 4.99. The summed E-state index contributed by atoms with van der Waals surface area (Å²) in [6.07, 6.45) is 9.68. The summed E-state index contributed by atoms with van der Waals surface area (Å²) in [6, 6.07) is 0.898. The molecule has 0 aromatic rings. The summed E-state index contributed by atoms with van der Waals surface area (Å²) in [7, 11) is 13.9. The van der Waals surface area contributed by atoms with Crippen molar-refractivity contribution in [1.29, 1.82) is 0 Å². The topological polar surface area (TPSA) is 37.4 Å². The maximum Gasteiger partial charge on any atom is 0.0988 e. The van der Waals surface area contributed by atoms with Gasteiger partial charge < -0.3 is 24.0 Å². The fraction of sp³-hybridized carbons (Fsp3) is 1.00. The van der Waals surface area contributed by atoms with Gasteiger partial charge in [0.05, 0.1) is 25.0 Å². The van der Waals surface area contributed by atoms with Gasteiger partial charge in [-0.15, -0.1) is 0 Å². The molecule has 1 aliphatic heterocycles. The second-order valence-corrected chi connectivity index (χ2v) is 9.91. The second kappa shape index (κ2) is 28.0. The van der Waals surface area contributed by atoms with Crippen LogP contribution in [0, 0.1) is 0 Å². The van der Waals surface area contributed by atoms with Crippen LogP contribution >= 0.6 is 0 Å². The Bertz CT molecular complexity index is 324. The van der Waals surface area contributed by atoms with E-state index >= 15 is 0 Å². The van der Waals surface area contributed by atoms with E-state index in [9.17, 15) is 0 Å². The summed E-state index contributed by atoms with van der Waals surface area (Å²) in [5.41, 5.74) is 0. The zero-order chi connectivity index (χ0) is 25.5. The van der Waals surface area contributed by atoms with Gasteiger partial charge in [0, 0.05) is 20.3 Å². The SMILES string of the molecule is C.CC(C)OCN(C)C.CN(C)C1CCCC1.CN1CCCC1.COC(C)C.COC(C)C. The van der Waals surface area contributed by atoms with E-state index < -0.39 is 0 Å². The number of methoxy groups -OCH3 is 2. The largest absolute Gasteiger partial charge is 0.382 e. The van der Waals surface area contributed by atoms with Crippen molar-refractivity contribution in [1.82, 2.24) is 14.7 Å². The molecule has 1 aliphatic carbocycles. The highest BCUT2D eigenvalue weighted by molar-refractivity contribution is 4.72. The van der Waals surface area contributed by atoms with Crippen molar-refractivity contribution in [3.05, 3.63) is 0 Å². The van der Waals surface area contributed by atoms with Gasteiger partial charge >= 0.3 is 0 Å². The Morgan fingerprint density at radius 3 is 1.21 bits per heavy atom. The number of ether oxygens (including phenoxy) is 3. The Morgan fingerprint density at radius 2 is 1.09 bits per heavy atom. The first-order chi connectivity index (χ1) is 14.9. The quantitative estimate of drug-likeness (QED) is 0.445. The van der Waals surface area contributed by atoms with Crippen LogP contribution in [0.25, 0.3) is 0 Å². The zero-order valence-corrected chi connectivity index (χ0v) is 24.2. The van der Waals surface area contributed by atoms with Crippen molar-refractivity contribution in [2.24, 2.45) is 0 Å². The molecule has 1 heterocycles. The molecule has 2 aliphatic rings. The first-order valence-corrected chi connectivity index (χ1v) is 12.5. The smallest absolute Gasteiger partial charge is 0.0988 e. The maximum absolute atomic E-state index is 5.23. The van der Waals surface area contributed by atoms with Gasteiger partial charge in [-0.2, -0.15) is 0 Å². The Hall–Kier alpha value is -0.240. The minimum Gasteiger partial charge on any atom is -0.382 e. The highest BCUT2D eigenvalue weighted by Crippen LogP contribution is 2.20. The molecule has 6 nitrogen and oxygen atoms in total. The molecule has 0 amide bonds. The average molecular weight is 480 g/mol. The van der Waals surface area contributed by atoms with Crippen LogP contribution in [0.5, 0.6) is 0 Å². The molecule has 0 bridgehead atoms. The van der Waals surface area contributed by atoms with E-state index in [1.54, 1.807) is 14.2 Å². The van der Waals surface area contributed by atoms with Crippen molar-refractivity contribution in [2.45, 2.75) is 112 Å². The van der Waals surface area contributed by atoms with Crippen LogP contribution in [0.4, 0.5) is 0 Å². The molecule has 0 radical (unpaired) electrons. The minimum absolute atomic E-state index is 0. The van der Waals surface area contributed by atoms with E-state index in [0.717, 1.165) is 12.8 Å². The lowest BCUT2D eigenvalue weighted by Crippen LogP contribution is -2.23. The molecule has 33 heavy (non-hydrogen) atoms. The number of hydrogen-bond donors (Lipinski definition) is 0. The molecule has 1 saturated heterocycles. The molecule has 0 N–H and O–H groups in total. The van der Waals surface area contributed by atoms with Gasteiger partial charge in [0.1, 0.15) is 0 Å². The Balaban J connectivity index is -0.000000161. The number of likely N-dealkylation sites (tertiary alicyclic amines) is 1. The second-order valence-electron chi connectivity index (χ2n) is 9.91. The van der Waals surface area contributed by atoms with Gasteiger partial charge in [-0.25, -0.2) is 0 Å². The van der Waals surface area contributed by atoms with Gasteiger partial charge in [0.25, 0.3) is 0 Å². The normalized spacial score (nSPS) is 15.8. The predicted molar refractivity (Wildman–Crippen MR) is 148 cm³/mol. The van der Waals surface area contributed by atoms with Crippen molar-refractivity contribution < 1.29 is 14.2 Å². The summed E-state index contributed by atoms with van der Waals surface area (Å²) in [5, 5.41) is 0. The summed E-state index contributed by atoms with van der Waals surface area (Å²) in [4.78, 5) is 6.70. The lowest BCUT2D eigenvalue weighted by molar-refractivity contribution is 0.0152. The zero-order valence-electron chi connectivity index (χ0n) is 24.2. The predicted octanol–water partition coefficient (Wildman–Crippen LogP) is 5.85. The Kier molecular flexibility index (Phi) is 33.9. The summed E-state index contributed by atoms with van der Waals surface area (Å²) < 4.78 is 14.7. The van der Waals surface area contributed by atoms with Gasteiger partial charge in [0.15, 0.2) is 0 Å². The lowest BCUT2D eigenvalue weighted by Gasteiger charge is -2.17. The molecule has 0 unspecified atom stereocenters. The highest BCUT2D eigenvalue weighted by Gasteiger charge is 2.15. The fourth-order valence-electron chi connectivity index (χ4n) is 2.59. The Labute approximate surface area is 210 Å². The van der Waals surface area contributed by atoms with Gasteiger partial charge in [-0.1, -0.05) is 20.3 Å². The van der Waals surface area contributed by atoms with Crippen LogP contribution < -0.4 is 0 Å². The van der Waals surface area contributed by atoms with Crippen LogP contribution in [0.1, 0.15) is 87.5 Å². The molecule has 2 rings (SSSR count). The maximum atomic E-state index is 5.23. The summed E-state index contributed by atoms with van der Waals surface area (Å²) in [5.74, 6) is 0.